The summed E-state index contributed by atoms with van der Waals surface area (Å²) < 4.78 is 10.4. The van der Waals surface area contributed by atoms with E-state index in [1.807, 2.05) is 0 Å². The van der Waals surface area contributed by atoms with Crippen LogP contribution in [0.2, 0.25) is 5.02 Å². The maximum Gasteiger partial charge on any atom is 0.314 e. The lowest BCUT2D eigenvalue weighted by molar-refractivity contribution is -0.386. The second kappa shape index (κ2) is 7.65. The van der Waals surface area contributed by atoms with E-state index in [0.717, 1.165) is 0 Å². The molecule has 0 fully saturated rings. The summed E-state index contributed by atoms with van der Waals surface area (Å²) in [7, 11) is 1.40. The molecule has 2 aromatic carbocycles. The number of benzene rings is 2. The Hall–Kier alpha value is -2.80. The van der Waals surface area contributed by atoms with Gasteiger partial charge in [0.2, 0.25) is 0 Å². The van der Waals surface area contributed by atoms with Crippen LogP contribution in [0.5, 0.6) is 11.5 Å². The third-order valence-corrected chi connectivity index (χ3v) is 3.40. The smallest absolute Gasteiger partial charge is 0.314 e. The lowest BCUT2D eigenvalue weighted by atomic mass is 10.2. The molecule has 0 aliphatic rings. The zero-order valence-electron chi connectivity index (χ0n) is 13.0. The Morgan fingerprint density at radius 2 is 1.92 bits per heavy atom. The molecule has 0 aromatic heterocycles. The first-order chi connectivity index (χ1) is 11.4. The van der Waals surface area contributed by atoms with Gasteiger partial charge in [-0.05, 0) is 43.3 Å². The number of hydrogen-bond acceptors (Lipinski definition) is 5. The summed E-state index contributed by atoms with van der Waals surface area (Å²) in [5.74, 6) is -0.130. The normalized spacial score (nSPS) is 11.5. The van der Waals surface area contributed by atoms with Gasteiger partial charge in [-0.3, -0.25) is 14.9 Å². The van der Waals surface area contributed by atoms with Crippen molar-refractivity contribution in [3.8, 4) is 11.5 Å². The fraction of sp³-hybridized carbons (Fsp3) is 0.188. The monoisotopic (exact) mass is 350 g/mol. The Kier molecular flexibility index (Phi) is 5.59. The van der Waals surface area contributed by atoms with E-state index in [4.69, 9.17) is 21.1 Å². The van der Waals surface area contributed by atoms with E-state index in [0.29, 0.717) is 16.5 Å². The molecule has 126 valence electrons. The molecule has 0 saturated carbocycles. The van der Waals surface area contributed by atoms with Crippen LogP contribution in [0.4, 0.5) is 11.4 Å². The number of nitrogens with one attached hydrogen (secondary N) is 1. The minimum absolute atomic E-state index is 0.0143. The Bertz CT molecular complexity index is 749. The highest BCUT2D eigenvalue weighted by Gasteiger charge is 2.22. The number of hydrogen-bond donors (Lipinski definition) is 1. The number of nitro benzene ring substituents is 1. The number of rotatable bonds is 6. The molecule has 1 N–H and O–H groups in total. The topological polar surface area (TPSA) is 90.7 Å². The number of carbonyl (C=O) groups excluding carboxylic acids is 1. The van der Waals surface area contributed by atoms with Crippen LogP contribution in [0.25, 0.3) is 0 Å². The molecular formula is C16H15ClN2O5. The van der Waals surface area contributed by atoms with Crippen molar-refractivity contribution in [3.05, 3.63) is 57.6 Å². The number of halogens is 1. The van der Waals surface area contributed by atoms with Crippen molar-refractivity contribution in [2.75, 3.05) is 12.4 Å². The highest BCUT2D eigenvalue weighted by atomic mass is 35.5. The molecule has 0 aliphatic heterocycles. The fourth-order valence-electron chi connectivity index (χ4n) is 1.89. The molecule has 2 rings (SSSR count). The SMILES string of the molecule is COc1ccc(O[C@@H](C)C(=O)Nc2ccc(Cl)cc2)c([N+](=O)[O-])c1. The highest BCUT2D eigenvalue weighted by Crippen LogP contribution is 2.31. The number of anilines is 1. The number of methoxy groups -OCH3 is 1. The van der Waals surface area contributed by atoms with E-state index in [1.165, 1.54) is 32.2 Å². The Morgan fingerprint density at radius 1 is 1.25 bits per heavy atom. The van der Waals surface area contributed by atoms with Gasteiger partial charge in [0.05, 0.1) is 18.1 Å². The first-order valence-corrected chi connectivity index (χ1v) is 7.34. The van der Waals surface area contributed by atoms with Gasteiger partial charge in [0.25, 0.3) is 5.91 Å². The van der Waals surface area contributed by atoms with Crippen LogP contribution >= 0.6 is 11.6 Å². The van der Waals surface area contributed by atoms with Gasteiger partial charge in [0.1, 0.15) is 5.75 Å². The number of nitro groups is 1. The van der Waals surface area contributed by atoms with E-state index in [-0.39, 0.29) is 11.4 Å². The first-order valence-electron chi connectivity index (χ1n) is 6.96. The van der Waals surface area contributed by atoms with E-state index in [9.17, 15) is 14.9 Å². The van der Waals surface area contributed by atoms with Crippen molar-refractivity contribution in [1.82, 2.24) is 0 Å². The Morgan fingerprint density at radius 3 is 2.50 bits per heavy atom. The van der Waals surface area contributed by atoms with Crippen LogP contribution < -0.4 is 14.8 Å². The van der Waals surface area contributed by atoms with Crippen LogP contribution in [0, 0.1) is 10.1 Å². The van der Waals surface area contributed by atoms with Gasteiger partial charge in [0, 0.05) is 10.7 Å². The molecular weight excluding hydrogens is 336 g/mol. The van der Waals surface area contributed by atoms with Crippen LogP contribution in [-0.2, 0) is 4.79 Å². The summed E-state index contributed by atoms with van der Waals surface area (Å²) in [6, 6.07) is 10.7. The zero-order chi connectivity index (χ0) is 17.7. The average Bonchev–Trinajstić information content (AvgIpc) is 2.57. The zero-order valence-corrected chi connectivity index (χ0v) is 13.7. The molecule has 2 aromatic rings. The van der Waals surface area contributed by atoms with Crippen molar-refractivity contribution >= 4 is 28.9 Å². The lowest BCUT2D eigenvalue weighted by Crippen LogP contribution is -2.30. The summed E-state index contributed by atoms with van der Waals surface area (Å²) in [5.41, 5.74) is 0.268. The van der Waals surface area contributed by atoms with Gasteiger partial charge in [0.15, 0.2) is 11.9 Å². The van der Waals surface area contributed by atoms with Crippen molar-refractivity contribution in [1.29, 1.82) is 0 Å². The molecule has 0 heterocycles. The van der Waals surface area contributed by atoms with Crippen molar-refractivity contribution < 1.29 is 19.2 Å². The third kappa shape index (κ3) is 4.36. The molecule has 0 aliphatic carbocycles. The quantitative estimate of drug-likeness (QED) is 0.634. The summed E-state index contributed by atoms with van der Waals surface area (Å²) in [6.45, 7) is 1.50. The van der Waals surface area contributed by atoms with Gasteiger partial charge in [-0.1, -0.05) is 11.6 Å². The van der Waals surface area contributed by atoms with Gasteiger partial charge < -0.3 is 14.8 Å². The summed E-state index contributed by atoms with van der Waals surface area (Å²) >= 11 is 5.78. The first kappa shape index (κ1) is 17.6. The molecule has 0 spiro atoms. The van der Waals surface area contributed by atoms with Crippen LogP contribution in [0.1, 0.15) is 6.92 Å². The maximum atomic E-state index is 12.1. The Labute approximate surface area is 143 Å². The van der Waals surface area contributed by atoms with Gasteiger partial charge in [-0.15, -0.1) is 0 Å². The number of nitrogens with zero attached hydrogens (tertiary/aromatic N) is 1. The molecule has 1 amide bonds. The summed E-state index contributed by atoms with van der Waals surface area (Å²) in [4.78, 5) is 22.7. The average molecular weight is 351 g/mol. The molecule has 24 heavy (non-hydrogen) atoms. The van der Waals surface area contributed by atoms with E-state index in [2.05, 4.69) is 5.32 Å². The molecule has 7 nitrogen and oxygen atoms in total. The molecule has 0 saturated heterocycles. The van der Waals surface area contributed by atoms with Crippen molar-refractivity contribution in [3.63, 3.8) is 0 Å². The second-order valence-corrected chi connectivity index (χ2v) is 5.28. The van der Waals surface area contributed by atoms with Gasteiger partial charge in [-0.25, -0.2) is 0 Å². The van der Waals surface area contributed by atoms with Crippen molar-refractivity contribution in [2.24, 2.45) is 0 Å². The minimum atomic E-state index is -0.937. The van der Waals surface area contributed by atoms with Crippen LogP contribution in [0.15, 0.2) is 42.5 Å². The van der Waals surface area contributed by atoms with E-state index >= 15 is 0 Å². The third-order valence-electron chi connectivity index (χ3n) is 3.15. The van der Waals surface area contributed by atoms with Crippen molar-refractivity contribution in [2.45, 2.75) is 13.0 Å². The minimum Gasteiger partial charge on any atom is -0.496 e. The summed E-state index contributed by atoms with van der Waals surface area (Å²) in [5, 5.41) is 14.3. The largest absolute Gasteiger partial charge is 0.496 e. The van der Waals surface area contributed by atoms with Crippen LogP contribution in [0.3, 0.4) is 0 Å². The fourth-order valence-corrected chi connectivity index (χ4v) is 2.01. The predicted octanol–water partition coefficient (Wildman–Crippen LogP) is 3.66. The van der Waals surface area contributed by atoms with Gasteiger partial charge >= 0.3 is 5.69 Å². The molecule has 0 bridgehead atoms. The van der Waals surface area contributed by atoms with Crippen LogP contribution in [-0.4, -0.2) is 24.0 Å². The molecule has 1 atom stereocenters. The van der Waals surface area contributed by atoms with E-state index in [1.54, 1.807) is 24.3 Å². The van der Waals surface area contributed by atoms with Gasteiger partial charge in [-0.2, -0.15) is 0 Å². The molecule has 0 radical (unpaired) electrons. The lowest BCUT2D eigenvalue weighted by Gasteiger charge is -2.15. The number of amides is 1. The summed E-state index contributed by atoms with van der Waals surface area (Å²) in [6.07, 6.45) is -0.937. The number of carbonyl (C=O) groups is 1. The maximum absolute atomic E-state index is 12.1. The predicted molar refractivity (Wildman–Crippen MR) is 89.8 cm³/mol. The molecule has 0 unspecified atom stereocenters. The van der Waals surface area contributed by atoms with E-state index < -0.39 is 16.9 Å². The molecule has 8 heteroatoms. The number of ether oxygens (including phenoxy) is 2. The highest BCUT2D eigenvalue weighted by molar-refractivity contribution is 6.30. The Balaban J connectivity index is 2.10. The standard InChI is InChI=1S/C16H15ClN2O5/c1-10(16(20)18-12-5-3-11(17)4-6-12)24-15-8-7-13(23-2)9-14(15)19(21)22/h3-10H,1-2H3,(H,18,20)/t10-/m0/s1. The second-order valence-electron chi connectivity index (χ2n) is 4.85.